The Morgan fingerprint density at radius 3 is 2.89 bits per heavy atom. The summed E-state index contributed by atoms with van der Waals surface area (Å²) in [6.45, 7) is 5.45. The molecule has 2 heterocycles. The Balaban J connectivity index is 2.03. The molecule has 1 aliphatic heterocycles. The van der Waals surface area contributed by atoms with Crippen molar-refractivity contribution in [2.45, 2.75) is 19.8 Å². The molecule has 1 aromatic rings. The summed E-state index contributed by atoms with van der Waals surface area (Å²) in [7, 11) is 4.26. The molecule has 0 aromatic carbocycles. The van der Waals surface area contributed by atoms with Gasteiger partial charge in [0, 0.05) is 32.6 Å². The average molecular weight is 249 g/mol. The number of likely N-dealkylation sites (tertiary alicyclic amines) is 1. The number of nitrogens with zero attached hydrogens (tertiary/aromatic N) is 4. The minimum absolute atomic E-state index is 0.562. The Hall–Kier alpha value is -1.36. The molecule has 1 aromatic heterocycles. The SMILES string of the molecule is CCc1nc(N)cc(N(C)CC2CCN(C)C2)n1. The van der Waals surface area contributed by atoms with E-state index in [1.807, 2.05) is 13.0 Å². The Bertz CT molecular complexity index is 406. The fraction of sp³-hybridized carbons (Fsp3) is 0.692. The molecule has 2 N–H and O–H groups in total. The Morgan fingerprint density at radius 2 is 2.28 bits per heavy atom. The molecule has 1 unspecified atom stereocenters. The van der Waals surface area contributed by atoms with E-state index >= 15 is 0 Å². The van der Waals surface area contributed by atoms with Crippen molar-refractivity contribution in [2.75, 3.05) is 44.4 Å². The second-order valence-electron chi connectivity index (χ2n) is 5.22. The van der Waals surface area contributed by atoms with E-state index in [0.717, 1.165) is 30.5 Å². The van der Waals surface area contributed by atoms with Gasteiger partial charge < -0.3 is 15.5 Å². The molecule has 100 valence electrons. The summed E-state index contributed by atoms with van der Waals surface area (Å²) in [5.74, 6) is 3.04. The van der Waals surface area contributed by atoms with Gasteiger partial charge in [-0.2, -0.15) is 0 Å². The molecule has 1 saturated heterocycles. The summed E-state index contributed by atoms with van der Waals surface area (Å²) in [6.07, 6.45) is 2.08. The van der Waals surface area contributed by atoms with Gasteiger partial charge in [-0.05, 0) is 25.9 Å². The van der Waals surface area contributed by atoms with Crippen LogP contribution < -0.4 is 10.6 Å². The highest BCUT2D eigenvalue weighted by Gasteiger charge is 2.21. The van der Waals surface area contributed by atoms with Crippen molar-refractivity contribution in [2.24, 2.45) is 5.92 Å². The Labute approximate surface area is 109 Å². The standard InChI is InChI=1S/C13H23N5/c1-4-12-15-11(14)7-13(16-12)18(3)9-10-5-6-17(2)8-10/h7,10H,4-6,8-9H2,1-3H3,(H2,14,15,16). The fourth-order valence-corrected chi connectivity index (χ4v) is 2.51. The van der Waals surface area contributed by atoms with Gasteiger partial charge in [0.15, 0.2) is 0 Å². The number of aromatic nitrogens is 2. The van der Waals surface area contributed by atoms with Gasteiger partial charge in [0.2, 0.25) is 0 Å². The average Bonchev–Trinajstić information content (AvgIpc) is 2.73. The lowest BCUT2D eigenvalue weighted by molar-refractivity contribution is 0.395. The molecule has 1 aliphatic rings. The maximum absolute atomic E-state index is 5.82. The van der Waals surface area contributed by atoms with Crippen molar-refractivity contribution in [1.29, 1.82) is 0 Å². The predicted octanol–water partition coefficient (Wildman–Crippen LogP) is 1.01. The molecular formula is C13H23N5. The van der Waals surface area contributed by atoms with Crippen LogP contribution in [0.4, 0.5) is 11.6 Å². The Morgan fingerprint density at radius 1 is 1.50 bits per heavy atom. The summed E-state index contributed by atoms with van der Waals surface area (Å²) >= 11 is 0. The van der Waals surface area contributed by atoms with Gasteiger partial charge in [-0.3, -0.25) is 0 Å². The van der Waals surface area contributed by atoms with Crippen LogP contribution in [-0.4, -0.2) is 48.6 Å². The number of nitrogens with two attached hydrogens (primary N) is 1. The topological polar surface area (TPSA) is 58.3 Å². The van der Waals surface area contributed by atoms with E-state index in [9.17, 15) is 0 Å². The lowest BCUT2D eigenvalue weighted by Gasteiger charge is -2.22. The van der Waals surface area contributed by atoms with E-state index in [4.69, 9.17) is 5.73 Å². The van der Waals surface area contributed by atoms with Crippen molar-refractivity contribution >= 4 is 11.6 Å². The van der Waals surface area contributed by atoms with Gasteiger partial charge >= 0.3 is 0 Å². The highest BCUT2D eigenvalue weighted by atomic mass is 15.2. The summed E-state index contributed by atoms with van der Waals surface area (Å²) in [5, 5.41) is 0. The molecule has 0 saturated carbocycles. The molecule has 2 rings (SSSR count). The number of nitrogen functional groups attached to an aromatic ring is 1. The van der Waals surface area contributed by atoms with Gasteiger partial charge in [-0.25, -0.2) is 9.97 Å². The normalized spacial score (nSPS) is 20.3. The number of rotatable bonds is 4. The van der Waals surface area contributed by atoms with Gasteiger partial charge in [0.05, 0.1) is 0 Å². The van der Waals surface area contributed by atoms with Crippen LogP contribution in [0.25, 0.3) is 0 Å². The first kappa shape index (κ1) is 13.1. The summed E-state index contributed by atoms with van der Waals surface area (Å²) in [4.78, 5) is 13.3. The maximum atomic E-state index is 5.82. The summed E-state index contributed by atoms with van der Waals surface area (Å²) in [6, 6.07) is 1.86. The molecule has 5 nitrogen and oxygen atoms in total. The zero-order valence-corrected chi connectivity index (χ0v) is 11.6. The highest BCUT2D eigenvalue weighted by molar-refractivity contribution is 5.46. The van der Waals surface area contributed by atoms with Crippen molar-refractivity contribution < 1.29 is 0 Å². The van der Waals surface area contributed by atoms with Crippen molar-refractivity contribution in [3.8, 4) is 0 Å². The van der Waals surface area contributed by atoms with Crippen LogP contribution >= 0.6 is 0 Å². The third-order valence-electron chi connectivity index (χ3n) is 3.51. The van der Waals surface area contributed by atoms with E-state index in [1.54, 1.807) is 0 Å². The van der Waals surface area contributed by atoms with E-state index in [1.165, 1.54) is 19.5 Å². The molecule has 0 spiro atoms. The molecule has 1 atom stereocenters. The molecule has 0 bridgehead atoms. The first-order valence-electron chi connectivity index (χ1n) is 6.61. The first-order valence-corrected chi connectivity index (χ1v) is 6.61. The molecule has 1 fully saturated rings. The van der Waals surface area contributed by atoms with Crippen LogP contribution in [0.2, 0.25) is 0 Å². The number of hydrogen-bond donors (Lipinski definition) is 1. The van der Waals surface area contributed by atoms with Crippen LogP contribution in [0.15, 0.2) is 6.07 Å². The minimum Gasteiger partial charge on any atom is -0.384 e. The third-order valence-corrected chi connectivity index (χ3v) is 3.51. The second-order valence-corrected chi connectivity index (χ2v) is 5.22. The number of aryl methyl sites for hydroxylation is 1. The van der Waals surface area contributed by atoms with Crippen LogP contribution in [0.1, 0.15) is 19.2 Å². The van der Waals surface area contributed by atoms with Crippen LogP contribution in [0.5, 0.6) is 0 Å². The van der Waals surface area contributed by atoms with E-state index < -0.39 is 0 Å². The van der Waals surface area contributed by atoms with Gasteiger partial charge in [-0.1, -0.05) is 6.92 Å². The third kappa shape index (κ3) is 3.10. The quantitative estimate of drug-likeness (QED) is 0.863. The molecule has 18 heavy (non-hydrogen) atoms. The largest absolute Gasteiger partial charge is 0.384 e. The van der Waals surface area contributed by atoms with Gasteiger partial charge in [0.25, 0.3) is 0 Å². The minimum atomic E-state index is 0.562. The highest BCUT2D eigenvalue weighted by Crippen LogP contribution is 2.19. The zero-order valence-electron chi connectivity index (χ0n) is 11.6. The van der Waals surface area contributed by atoms with Gasteiger partial charge in [-0.15, -0.1) is 0 Å². The molecule has 0 aliphatic carbocycles. The first-order chi connectivity index (χ1) is 8.58. The molecule has 0 radical (unpaired) electrons. The lowest BCUT2D eigenvalue weighted by Crippen LogP contribution is -2.28. The predicted molar refractivity (Wildman–Crippen MR) is 74.7 cm³/mol. The fourth-order valence-electron chi connectivity index (χ4n) is 2.51. The van der Waals surface area contributed by atoms with Crippen LogP contribution in [0.3, 0.4) is 0 Å². The monoisotopic (exact) mass is 249 g/mol. The maximum Gasteiger partial charge on any atom is 0.134 e. The van der Waals surface area contributed by atoms with Crippen molar-refractivity contribution in [3.05, 3.63) is 11.9 Å². The molecule has 5 heteroatoms. The van der Waals surface area contributed by atoms with E-state index in [0.29, 0.717) is 5.82 Å². The van der Waals surface area contributed by atoms with Crippen LogP contribution in [-0.2, 0) is 6.42 Å². The Kier molecular flexibility index (Phi) is 4.01. The van der Waals surface area contributed by atoms with Crippen LogP contribution in [0, 0.1) is 5.92 Å². The lowest BCUT2D eigenvalue weighted by atomic mass is 10.1. The summed E-state index contributed by atoms with van der Waals surface area (Å²) < 4.78 is 0. The smallest absolute Gasteiger partial charge is 0.134 e. The second kappa shape index (κ2) is 5.52. The molecule has 0 amide bonds. The van der Waals surface area contributed by atoms with Gasteiger partial charge in [0.1, 0.15) is 17.5 Å². The number of hydrogen-bond acceptors (Lipinski definition) is 5. The summed E-state index contributed by atoms with van der Waals surface area (Å²) in [5.41, 5.74) is 5.82. The van der Waals surface area contributed by atoms with Crippen molar-refractivity contribution in [1.82, 2.24) is 14.9 Å². The number of anilines is 2. The zero-order chi connectivity index (χ0) is 13.1. The van der Waals surface area contributed by atoms with Crippen molar-refractivity contribution in [3.63, 3.8) is 0 Å². The van der Waals surface area contributed by atoms with E-state index in [-0.39, 0.29) is 0 Å². The molecular weight excluding hydrogens is 226 g/mol. The van der Waals surface area contributed by atoms with E-state index in [2.05, 4.69) is 33.9 Å².